The largest absolute Gasteiger partial charge is 0.543 e. The average molecular weight is 355 g/mol. The molecule has 0 saturated carbocycles. The van der Waals surface area contributed by atoms with E-state index in [2.05, 4.69) is 83.3 Å². The summed E-state index contributed by atoms with van der Waals surface area (Å²) in [5.74, 6) is 2.06. The number of hydrogen-bond acceptors (Lipinski definition) is 2. The minimum atomic E-state index is -1.86. The first-order valence-electron chi connectivity index (χ1n) is 9.12. The molecule has 0 bridgehead atoms. The molecule has 0 spiro atoms. The number of para-hydroxylation sites is 2. The van der Waals surface area contributed by atoms with E-state index in [0.29, 0.717) is 0 Å². The Morgan fingerprint density at radius 2 is 1.68 bits per heavy atom. The molecular formula is C22H30O2Si. The van der Waals surface area contributed by atoms with Crippen molar-refractivity contribution in [1.29, 1.82) is 0 Å². The zero-order valence-electron chi connectivity index (χ0n) is 16.3. The molecule has 1 aliphatic rings. The molecule has 3 heteroatoms. The monoisotopic (exact) mass is 354 g/mol. The molecule has 3 rings (SSSR count). The van der Waals surface area contributed by atoms with Crippen molar-refractivity contribution in [3.8, 4) is 11.5 Å². The Labute approximate surface area is 153 Å². The third kappa shape index (κ3) is 3.48. The summed E-state index contributed by atoms with van der Waals surface area (Å²) in [4.78, 5) is 0. The van der Waals surface area contributed by atoms with E-state index in [1.54, 1.807) is 0 Å². The van der Waals surface area contributed by atoms with Gasteiger partial charge in [-0.1, -0.05) is 64.1 Å². The van der Waals surface area contributed by atoms with Crippen LogP contribution < -0.4 is 9.16 Å². The summed E-state index contributed by atoms with van der Waals surface area (Å²) in [5.41, 5.74) is 2.57. The third-order valence-corrected chi connectivity index (χ3v) is 10.2. The fourth-order valence-electron chi connectivity index (χ4n) is 3.15. The zero-order chi connectivity index (χ0) is 18.3. The van der Waals surface area contributed by atoms with Gasteiger partial charge in [0.25, 0.3) is 0 Å². The fourth-order valence-corrected chi connectivity index (χ4v) is 4.21. The number of ether oxygens (including phenoxy) is 1. The van der Waals surface area contributed by atoms with Crippen LogP contribution in [0.5, 0.6) is 11.5 Å². The highest BCUT2D eigenvalue weighted by Gasteiger charge is 2.40. The molecule has 0 aliphatic carbocycles. The molecule has 0 saturated heterocycles. The van der Waals surface area contributed by atoms with Gasteiger partial charge in [0.15, 0.2) is 0 Å². The first-order chi connectivity index (χ1) is 11.6. The summed E-state index contributed by atoms with van der Waals surface area (Å²) in [5, 5.41) is 0.188. The van der Waals surface area contributed by atoms with Gasteiger partial charge in [0, 0.05) is 11.0 Å². The first-order valence-corrected chi connectivity index (χ1v) is 12.0. The molecule has 2 nitrogen and oxygen atoms in total. The highest BCUT2D eigenvalue weighted by Crippen LogP contribution is 2.43. The highest BCUT2D eigenvalue weighted by molar-refractivity contribution is 6.74. The first kappa shape index (κ1) is 18.1. The van der Waals surface area contributed by atoms with E-state index < -0.39 is 8.32 Å². The molecule has 2 aromatic rings. The van der Waals surface area contributed by atoms with Gasteiger partial charge in [0.1, 0.15) is 11.5 Å². The van der Waals surface area contributed by atoms with Crippen molar-refractivity contribution in [2.75, 3.05) is 6.61 Å². The highest BCUT2D eigenvalue weighted by atomic mass is 28.4. The SMILES string of the molecule is CC(C)(C)[Si](C)(C)Oc1ccccc1C[C@]1(C)COc2ccccc21. The molecule has 25 heavy (non-hydrogen) atoms. The molecule has 0 unspecified atom stereocenters. The van der Waals surface area contributed by atoms with Crippen molar-refractivity contribution in [2.45, 2.75) is 57.7 Å². The molecule has 1 heterocycles. The van der Waals surface area contributed by atoms with Crippen LogP contribution in [0.15, 0.2) is 48.5 Å². The lowest BCUT2D eigenvalue weighted by Crippen LogP contribution is -2.44. The van der Waals surface area contributed by atoms with Crippen LogP contribution in [0, 0.1) is 0 Å². The van der Waals surface area contributed by atoms with Gasteiger partial charge in [-0.2, -0.15) is 0 Å². The van der Waals surface area contributed by atoms with Gasteiger partial charge >= 0.3 is 0 Å². The Bertz CT molecular complexity index is 761. The van der Waals surface area contributed by atoms with Gasteiger partial charge in [-0.25, -0.2) is 0 Å². The lowest BCUT2D eigenvalue weighted by molar-refractivity contribution is 0.276. The molecule has 0 fully saturated rings. The van der Waals surface area contributed by atoms with Crippen molar-refractivity contribution in [3.63, 3.8) is 0 Å². The van der Waals surface area contributed by atoms with E-state index in [1.165, 1.54) is 11.1 Å². The van der Waals surface area contributed by atoms with Gasteiger partial charge < -0.3 is 9.16 Å². The molecule has 0 amide bonds. The Balaban J connectivity index is 1.90. The quantitative estimate of drug-likeness (QED) is 0.630. The average Bonchev–Trinajstić information content (AvgIpc) is 2.86. The Morgan fingerprint density at radius 3 is 2.40 bits per heavy atom. The van der Waals surface area contributed by atoms with Crippen LogP contribution in [0.25, 0.3) is 0 Å². The summed E-state index contributed by atoms with van der Waals surface area (Å²) in [7, 11) is -1.86. The Hall–Kier alpha value is -1.74. The maximum absolute atomic E-state index is 6.64. The van der Waals surface area contributed by atoms with E-state index in [1.807, 2.05) is 6.07 Å². The summed E-state index contributed by atoms with van der Waals surface area (Å²) < 4.78 is 12.6. The molecular weight excluding hydrogens is 324 g/mol. The van der Waals surface area contributed by atoms with Gasteiger partial charge in [-0.3, -0.25) is 0 Å². The van der Waals surface area contributed by atoms with Crippen molar-refractivity contribution in [3.05, 3.63) is 59.7 Å². The van der Waals surface area contributed by atoms with E-state index in [9.17, 15) is 0 Å². The smallest absolute Gasteiger partial charge is 0.250 e. The van der Waals surface area contributed by atoms with Gasteiger partial charge in [0.05, 0.1) is 6.61 Å². The van der Waals surface area contributed by atoms with Crippen LogP contribution in [-0.2, 0) is 11.8 Å². The predicted molar refractivity (Wildman–Crippen MR) is 107 cm³/mol. The van der Waals surface area contributed by atoms with Crippen LogP contribution in [-0.4, -0.2) is 14.9 Å². The summed E-state index contributed by atoms with van der Waals surface area (Å²) in [6, 6.07) is 16.9. The number of fused-ring (bicyclic) bond motifs is 1. The van der Waals surface area contributed by atoms with Crippen LogP contribution in [0.4, 0.5) is 0 Å². The molecule has 0 aromatic heterocycles. The summed E-state index contributed by atoms with van der Waals surface area (Å²) in [6.07, 6.45) is 0.925. The van der Waals surface area contributed by atoms with Crippen molar-refractivity contribution in [1.82, 2.24) is 0 Å². The second-order valence-electron chi connectivity index (χ2n) is 8.99. The summed E-state index contributed by atoms with van der Waals surface area (Å²) >= 11 is 0. The Morgan fingerprint density at radius 1 is 1.04 bits per heavy atom. The van der Waals surface area contributed by atoms with Gasteiger partial charge in [0.2, 0.25) is 8.32 Å². The van der Waals surface area contributed by atoms with Gasteiger partial charge in [-0.05, 0) is 42.2 Å². The normalized spacial score (nSPS) is 20.1. The second kappa shape index (κ2) is 6.21. The van der Waals surface area contributed by atoms with Crippen molar-refractivity contribution in [2.24, 2.45) is 0 Å². The second-order valence-corrected chi connectivity index (χ2v) is 13.7. The topological polar surface area (TPSA) is 18.5 Å². The number of rotatable bonds is 4. The van der Waals surface area contributed by atoms with Crippen LogP contribution >= 0.6 is 0 Å². The minimum absolute atomic E-state index is 0.0104. The Kier molecular flexibility index (Phi) is 4.48. The van der Waals surface area contributed by atoms with Crippen LogP contribution in [0.3, 0.4) is 0 Å². The van der Waals surface area contributed by atoms with E-state index in [4.69, 9.17) is 9.16 Å². The molecule has 134 valence electrons. The minimum Gasteiger partial charge on any atom is -0.543 e. The zero-order valence-corrected chi connectivity index (χ0v) is 17.3. The van der Waals surface area contributed by atoms with Crippen LogP contribution in [0.1, 0.15) is 38.8 Å². The number of benzene rings is 2. The molecule has 1 atom stereocenters. The van der Waals surface area contributed by atoms with E-state index >= 15 is 0 Å². The maximum Gasteiger partial charge on any atom is 0.250 e. The lowest BCUT2D eigenvalue weighted by atomic mass is 9.79. The van der Waals surface area contributed by atoms with Crippen LogP contribution in [0.2, 0.25) is 18.1 Å². The third-order valence-electron chi connectivity index (χ3n) is 5.81. The van der Waals surface area contributed by atoms with E-state index in [0.717, 1.165) is 24.5 Å². The molecule has 1 aliphatic heterocycles. The predicted octanol–water partition coefficient (Wildman–Crippen LogP) is 5.96. The van der Waals surface area contributed by atoms with Gasteiger partial charge in [-0.15, -0.1) is 0 Å². The molecule has 2 aromatic carbocycles. The van der Waals surface area contributed by atoms with Crippen molar-refractivity contribution >= 4 is 8.32 Å². The summed E-state index contributed by atoms with van der Waals surface area (Å²) in [6.45, 7) is 14.5. The maximum atomic E-state index is 6.64. The molecule has 0 N–H and O–H groups in total. The number of hydrogen-bond donors (Lipinski definition) is 0. The van der Waals surface area contributed by atoms with Crippen molar-refractivity contribution < 1.29 is 9.16 Å². The molecule has 0 radical (unpaired) electrons. The fraction of sp³-hybridized carbons (Fsp3) is 0.455. The van der Waals surface area contributed by atoms with E-state index in [-0.39, 0.29) is 10.5 Å². The lowest BCUT2D eigenvalue weighted by Gasteiger charge is -2.37. The standard InChI is InChI=1S/C22H30O2Si/c1-21(2,3)25(5,6)24-19-13-9-7-11-17(19)15-22(4)16-23-20-14-10-8-12-18(20)22/h7-14H,15-16H2,1-6H3/t22-/m1/s1.